The molecule has 0 N–H and O–H groups in total. The van der Waals surface area contributed by atoms with Gasteiger partial charge in [-0.05, 0) is 33.8 Å². The van der Waals surface area contributed by atoms with Crippen molar-refractivity contribution in [1.29, 1.82) is 0 Å². The summed E-state index contributed by atoms with van der Waals surface area (Å²) in [6.45, 7) is 6.70. The lowest BCUT2D eigenvalue weighted by Gasteiger charge is -2.14. The van der Waals surface area contributed by atoms with Gasteiger partial charge in [-0.3, -0.25) is 10.1 Å². The van der Waals surface area contributed by atoms with E-state index in [1.54, 1.807) is 20.8 Å². The highest BCUT2D eigenvalue weighted by Gasteiger charge is 2.22. The lowest BCUT2D eigenvalue weighted by atomic mass is 10.1. The molecule has 0 spiro atoms. The Bertz CT molecular complexity index is 565. The number of hydrogen-bond donors (Lipinski definition) is 0. The number of benzene rings is 1. The van der Waals surface area contributed by atoms with E-state index >= 15 is 0 Å². The van der Waals surface area contributed by atoms with Crippen LogP contribution in [-0.2, 0) is 11.0 Å². The summed E-state index contributed by atoms with van der Waals surface area (Å²) in [6.07, 6.45) is 0. The van der Waals surface area contributed by atoms with Gasteiger partial charge in [0.15, 0.2) is 0 Å². The van der Waals surface area contributed by atoms with E-state index in [9.17, 15) is 18.7 Å². The van der Waals surface area contributed by atoms with Crippen LogP contribution in [0, 0.1) is 15.9 Å². The maximum atomic E-state index is 13.9. The zero-order valence-electron chi connectivity index (χ0n) is 11.1. The molecule has 1 rings (SSSR count). The second-order valence-electron chi connectivity index (χ2n) is 4.93. The van der Waals surface area contributed by atoms with E-state index in [-0.39, 0.29) is 11.3 Å². The van der Waals surface area contributed by atoms with Crippen LogP contribution in [0.3, 0.4) is 0 Å². The highest BCUT2D eigenvalue weighted by molar-refractivity contribution is 7.85. The first-order valence-electron chi connectivity index (χ1n) is 5.55. The topological polar surface area (TPSA) is 72.6 Å². The molecule has 0 unspecified atom stereocenters. The van der Waals surface area contributed by atoms with Crippen LogP contribution in [0.4, 0.5) is 10.1 Å². The van der Waals surface area contributed by atoms with Gasteiger partial charge >= 0.3 is 5.69 Å². The van der Waals surface area contributed by atoms with Crippen LogP contribution in [0.15, 0.2) is 22.6 Å². The molecule has 0 aliphatic rings. The van der Waals surface area contributed by atoms with Crippen molar-refractivity contribution < 1.29 is 13.5 Å². The summed E-state index contributed by atoms with van der Waals surface area (Å²) in [5.41, 5.74) is -0.449. The Morgan fingerprint density at radius 1 is 1.42 bits per heavy atom. The van der Waals surface area contributed by atoms with Crippen LogP contribution in [0.5, 0.6) is 0 Å². The summed E-state index contributed by atoms with van der Waals surface area (Å²) >= 11 is 0. The fourth-order valence-electron chi connectivity index (χ4n) is 1.25. The van der Waals surface area contributed by atoms with Crippen LogP contribution in [-0.4, -0.2) is 19.6 Å². The molecule has 0 bridgehead atoms. The number of nitro benzene ring substituents is 1. The Balaban J connectivity index is 3.25. The molecule has 1 aromatic rings. The molecule has 0 saturated heterocycles. The fourth-order valence-corrected chi connectivity index (χ4v) is 1.87. The lowest BCUT2D eigenvalue weighted by Crippen LogP contribution is -2.21. The number of nitrogens with zero attached hydrogens (tertiary/aromatic N) is 2. The summed E-state index contributed by atoms with van der Waals surface area (Å²) in [4.78, 5) is 9.84. The van der Waals surface area contributed by atoms with Gasteiger partial charge in [-0.2, -0.15) is 8.79 Å². The van der Waals surface area contributed by atoms with E-state index in [0.717, 1.165) is 6.07 Å². The van der Waals surface area contributed by atoms with E-state index in [1.165, 1.54) is 19.1 Å². The van der Waals surface area contributed by atoms with Crippen molar-refractivity contribution in [2.24, 2.45) is 4.40 Å². The van der Waals surface area contributed by atoms with Crippen molar-refractivity contribution in [3.63, 3.8) is 0 Å². The van der Waals surface area contributed by atoms with E-state index in [1.807, 2.05) is 0 Å². The molecule has 1 aromatic carbocycles. The average molecular weight is 286 g/mol. The Labute approximate surface area is 113 Å². The van der Waals surface area contributed by atoms with E-state index in [0.29, 0.717) is 0 Å². The van der Waals surface area contributed by atoms with Gasteiger partial charge in [-0.15, -0.1) is 0 Å². The molecular weight excluding hydrogens is 271 g/mol. The summed E-state index contributed by atoms with van der Waals surface area (Å²) in [6, 6.07) is 3.82. The third-order valence-corrected chi connectivity index (χ3v) is 3.80. The first-order valence-corrected chi connectivity index (χ1v) is 6.66. The van der Waals surface area contributed by atoms with Gasteiger partial charge in [0.05, 0.1) is 15.4 Å². The highest BCUT2D eigenvalue weighted by Crippen LogP contribution is 2.22. The first kappa shape index (κ1) is 15.4. The third kappa shape index (κ3) is 3.66. The van der Waals surface area contributed by atoms with E-state index < -0.39 is 32.2 Å². The second-order valence-corrected chi connectivity index (χ2v) is 6.84. The minimum Gasteiger partial charge on any atom is -0.258 e. The summed E-state index contributed by atoms with van der Waals surface area (Å²) in [7, 11) is -1.54. The standard InChI is InChI=1S/C12H15FN2O3S/c1-8(14-19(18)12(2,3)4)9-6-5-7-10(11(9)13)15(16)17/h5-7H,1-4H3/t19-/m1/s1. The van der Waals surface area contributed by atoms with Gasteiger partial charge in [-0.25, -0.2) is 4.21 Å². The van der Waals surface area contributed by atoms with E-state index in [4.69, 9.17) is 0 Å². The average Bonchev–Trinajstić information content (AvgIpc) is 2.27. The first-order chi connectivity index (χ1) is 8.64. The molecule has 0 saturated carbocycles. The van der Waals surface area contributed by atoms with Gasteiger partial charge in [0.25, 0.3) is 0 Å². The summed E-state index contributed by atoms with van der Waals surface area (Å²) in [5.74, 6) is -0.959. The van der Waals surface area contributed by atoms with Crippen molar-refractivity contribution in [2.75, 3.05) is 0 Å². The second kappa shape index (κ2) is 5.56. The lowest BCUT2D eigenvalue weighted by molar-refractivity contribution is -0.387. The van der Waals surface area contributed by atoms with Gasteiger partial charge in [-0.1, -0.05) is 6.07 Å². The summed E-state index contributed by atoms with van der Waals surface area (Å²) in [5, 5.41) is 10.6. The molecule has 5 nitrogen and oxygen atoms in total. The normalized spacial score (nSPS) is 14.3. The molecule has 0 fully saturated rings. The minimum atomic E-state index is -1.54. The Morgan fingerprint density at radius 3 is 2.47 bits per heavy atom. The molecule has 19 heavy (non-hydrogen) atoms. The van der Waals surface area contributed by atoms with Crippen molar-refractivity contribution in [1.82, 2.24) is 0 Å². The number of halogens is 1. The monoisotopic (exact) mass is 286 g/mol. The van der Waals surface area contributed by atoms with Crippen LogP contribution in [0.1, 0.15) is 33.3 Å². The molecule has 0 radical (unpaired) electrons. The maximum absolute atomic E-state index is 13.9. The van der Waals surface area contributed by atoms with Crippen molar-refractivity contribution in [3.05, 3.63) is 39.7 Å². The van der Waals surface area contributed by atoms with Gasteiger partial charge in [0.1, 0.15) is 11.0 Å². The Kier molecular flexibility index (Phi) is 4.52. The van der Waals surface area contributed by atoms with Crippen molar-refractivity contribution in [3.8, 4) is 0 Å². The summed E-state index contributed by atoms with van der Waals surface area (Å²) < 4.78 is 29.1. The number of nitro groups is 1. The highest BCUT2D eigenvalue weighted by atomic mass is 32.2. The molecule has 104 valence electrons. The molecule has 0 aliphatic heterocycles. The maximum Gasteiger partial charge on any atom is 0.305 e. The zero-order chi connectivity index (χ0) is 14.8. The van der Waals surface area contributed by atoms with Crippen LogP contribution < -0.4 is 0 Å². The van der Waals surface area contributed by atoms with Crippen molar-refractivity contribution >= 4 is 22.4 Å². The van der Waals surface area contributed by atoms with Crippen molar-refractivity contribution in [2.45, 2.75) is 32.4 Å². The quantitative estimate of drug-likeness (QED) is 0.487. The number of hydrogen-bond acceptors (Lipinski definition) is 3. The van der Waals surface area contributed by atoms with Crippen LogP contribution in [0.2, 0.25) is 0 Å². The number of rotatable bonds is 3. The van der Waals surface area contributed by atoms with Crippen LogP contribution in [0.25, 0.3) is 0 Å². The predicted octanol–water partition coefficient (Wildman–Crippen LogP) is 3.01. The molecular formula is C12H15FN2O3S. The largest absolute Gasteiger partial charge is 0.305 e. The Hall–Kier alpha value is -1.63. The molecule has 0 heterocycles. The SMILES string of the molecule is CC(=N[S@](=O)C(C)(C)C)c1cccc([N+](=O)[O-])c1F. The zero-order valence-corrected chi connectivity index (χ0v) is 12.0. The molecule has 0 aliphatic carbocycles. The predicted molar refractivity (Wildman–Crippen MR) is 73.2 cm³/mol. The smallest absolute Gasteiger partial charge is 0.258 e. The van der Waals surface area contributed by atoms with Gasteiger partial charge in [0.2, 0.25) is 5.82 Å². The molecule has 7 heteroatoms. The van der Waals surface area contributed by atoms with Gasteiger partial charge < -0.3 is 0 Å². The van der Waals surface area contributed by atoms with Crippen LogP contribution >= 0.6 is 0 Å². The molecule has 0 aromatic heterocycles. The molecule has 0 amide bonds. The van der Waals surface area contributed by atoms with E-state index in [2.05, 4.69) is 4.40 Å². The third-order valence-electron chi connectivity index (χ3n) is 2.31. The fraction of sp³-hybridized carbons (Fsp3) is 0.417. The Morgan fingerprint density at radius 2 is 2.00 bits per heavy atom. The molecule has 1 atom stereocenters. The minimum absolute atomic E-state index is 0.00759. The van der Waals surface area contributed by atoms with Gasteiger partial charge in [0, 0.05) is 11.6 Å².